The summed E-state index contributed by atoms with van der Waals surface area (Å²) < 4.78 is 16.0. The first kappa shape index (κ1) is 22.2. The Labute approximate surface area is 172 Å². The van der Waals surface area contributed by atoms with E-state index >= 15 is 0 Å². The fraction of sp³-hybridized carbons (Fsp3) is 0.381. The summed E-state index contributed by atoms with van der Waals surface area (Å²) in [5.74, 6) is -0.240. The molecule has 0 radical (unpaired) electrons. The van der Waals surface area contributed by atoms with Crippen molar-refractivity contribution in [3.8, 4) is 11.5 Å². The highest BCUT2D eigenvalue weighted by atomic mass is 16.7. The van der Waals surface area contributed by atoms with E-state index in [0.717, 1.165) is 0 Å². The highest BCUT2D eigenvalue weighted by molar-refractivity contribution is 6.10. The predicted molar refractivity (Wildman–Crippen MR) is 103 cm³/mol. The highest BCUT2D eigenvalue weighted by Crippen LogP contribution is 2.26. The molecular weight excluding hydrogens is 396 g/mol. The number of ether oxygens (including phenoxy) is 3. The molecule has 0 spiro atoms. The molecule has 1 heterocycles. The Morgan fingerprint density at radius 1 is 0.967 bits per heavy atom. The third kappa shape index (κ3) is 4.96. The largest absolute Gasteiger partial charge is 0.507 e. The van der Waals surface area contributed by atoms with Crippen LogP contribution in [0.2, 0.25) is 0 Å². The van der Waals surface area contributed by atoms with Crippen molar-refractivity contribution in [2.45, 2.75) is 30.7 Å². The molecule has 1 aliphatic heterocycles. The number of carbonyl (C=O) groups excluding carboxylic acids is 1. The maximum absolute atomic E-state index is 12.4. The van der Waals surface area contributed by atoms with Crippen molar-refractivity contribution >= 4 is 5.78 Å². The summed E-state index contributed by atoms with van der Waals surface area (Å²) in [5, 5.41) is 48.7. The molecule has 30 heavy (non-hydrogen) atoms. The van der Waals surface area contributed by atoms with E-state index < -0.39 is 37.3 Å². The summed E-state index contributed by atoms with van der Waals surface area (Å²) in [6.45, 7) is -0.580. The minimum atomic E-state index is -1.52. The molecule has 0 aliphatic carbocycles. The molecule has 0 amide bonds. The first-order valence-electron chi connectivity index (χ1n) is 9.40. The van der Waals surface area contributed by atoms with Gasteiger partial charge in [0.25, 0.3) is 0 Å². The van der Waals surface area contributed by atoms with Gasteiger partial charge in [-0.2, -0.15) is 0 Å². The highest BCUT2D eigenvalue weighted by Gasteiger charge is 2.43. The number of ketones is 1. The number of phenols is 1. The molecule has 1 aliphatic rings. The van der Waals surface area contributed by atoms with Crippen LogP contribution in [0.4, 0.5) is 0 Å². The normalized spacial score (nSPS) is 26.3. The van der Waals surface area contributed by atoms with E-state index in [9.17, 15) is 25.2 Å². The van der Waals surface area contributed by atoms with Crippen molar-refractivity contribution < 1.29 is 44.5 Å². The predicted octanol–water partition coefficient (Wildman–Crippen LogP) is -0.182. The zero-order valence-corrected chi connectivity index (χ0v) is 16.0. The second-order valence-electron chi connectivity index (χ2n) is 6.79. The third-order valence-electron chi connectivity index (χ3n) is 4.73. The van der Waals surface area contributed by atoms with Crippen LogP contribution in [0.15, 0.2) is 48.5 Å². The van der Waals surface area contributed by atoms with Crippen molar-refractivity contribution in [3.05, 3.63) is 59.7 Å². The molecular formula is C21H24O9. The maximum atomic E-state index is 12.4. The topological polar surface area (TPSA) is 146 Å². The van der Waals surface area contributed by atoms with Gasteiger partial charge in [-0.3, -0.25) is 4.79 Å². The quantitative estimate of drug-likeness (QED) is 0.290. The van der Waals surface area contributed by atoms with Crippen LogP contribution >= 0.6 is 0 Å². The van der Waals surface area contributed by atoms with Crippen LogP contribution in [-0.4, -0.2) is 81.8 Å². The third-order valence-corrected chi connectivity index (χ3v) is 4.73. The van der Waals surface area contributed by atoms with Gasteiger partial charge in [0.15, 0.2) is 12.1 Å². The van der Waals surface area contributed by atoms with Gasteiger partial charge < -0.3 is 39.7 Å². The minimum absolute atomic E-state index is 0.0143. The molecule has 2 aromatic rings. The molecule has 0 bridgehead atoms. The van der Waals surface area contributed by atoms with Crippen molar-refractivity contribution in [1.29, 1.82) is 0 Å². The molecule has 0 aromatic heterocycles. The molecule has 2 aromatic carbocycles. The number of benzene rings is 2. The second kappa shape index (κ2) is 9.98. The Morgan fingerprint density at radius 2 is 1.70 bits per heavy atom. The summed E-state index contributed by atoms with van der Waals surface area (Å²) in [6, 6.07) is 12.9. The van der Waals surface area contributed by atoms with Gasteiger partial charge in [0.2, 0.25) is 0 Å². The molecule has 5 atom stereocenters. The maximum Gasteiger partial charge on any atom is 0.196 e. The number of carbonyl (C=O) groups is 1. The van der Waals surface area contributed by atoms with Gasteiger partial charge in [0.05, 0.1) is 18.8 Å². The summed E-state index contributed by atoms with van der Waals surface area (Å²) in [4.78, 5) is 12.4. The number of aliphatic hydroxyl groups excluding tert-OH is 4. The number of hydrogen-bond donors (Lipinski definition) is 5. The summed E-state index contributed by atoms with van der Waals surface area (Å²) >= 11 is 0. The lowest BCUT2D eigenvalue weighted by Gasteiger charge is -2.39. The molecule has 5 N–H and O–H groups in total. The number of phenolic OH excluding ortho intramolecular Hbond substituents is 1. The van der Waals surface area contributed by atoms with E-state index in [2.05, 4.69) is 0 Å². The SMILES string of the molecule is O=C(c1ccccc1)c1ccc(OCCOC2O[C@H](CO)[C@@H](O)[C@H](O)[C@H]2O)cc1O. The number of hydrogen-bond acceptors (Lipinski definition) is 9. The van der Waals surface area contributed by atoms with Crippen LogP contribution in [0.1, 0.15) is 15.9 Å². The smallest absolute Gasteiger partial charge is 0.196 e. The van der Waals surface area contributed by atoms with E-state index in [4.69, 9.17) is 19.3 Å². The van der Waals surface area contributed by atoms with Crippen LogP contribution in [0, 0.1) is 0 Å². The fourth-order valence-corrected chi connectivity index (χ4v) is 3.07. The second-order valence-corrected chi connectivity index (χ2v) is 6.79. The molecule has 1 saturated heterocycles. The molecule has 9 heteroatoms. The van der Waals surface area contributed by atoms with Crippen molar-refractivity contribution in [2.24, 2.45) is 0 Å². The average molecular weight is 420 g/mol. The number of aliphatic hydroxyl groups is 4. The Hall–Kier alpha value is -2.53. The van der Waals surface area contributed by atoms with Crippen LogP contribution in [-0.2, 0) is 9.47 Å². The van der Waals surface area contributed by atoms with Crippen molar-refractivity contribution in [1.82, 2.24) is 0 Å². The zero-order valence-electron chi connectivity index (χ0n) is 16.0. The van der Waals surface area contributed by atoms with Crippen LogP contribution in [0.5, 0.6) is 11.5 Å². The fourth-order valence-electron chi connectivity index (χ4n) is 3.07. The Morgan fingerprint density at radius 3 is 2.37 bits per heavy atom. The van der Waals surface area contributed by atoms with Gasteiger partial charge in [0, 0.05) is 11.6 Å². The van der Waals surface area contributed by atoms with Crippen LogP contribution < -0.4 is 4.74 Å². The average Bonchev–Trinajstić information content (AvgIpc) is 2.76. The standard InChI is InChI=1S/C21H24O9/c22-11-16-18(25)19(26)20(27)21(30-16)29-9-8-28-13-6-7-14(15(23)10-13)17(24)12-4-2-1-3-5-12/h1-7,10,16,18-23,25-27H,8-9,11H2/t16-,18-,19+,20-,21?/m1/s1. The van der Waals surface area contributed by atoms with Crippen LogP contribution in [0.3, 0.4) is 0 Å². The van der Waals surface area contributed by atoms with Gasteiger partial charge in [-0.25, -0.2) is 0 Å². The summed E-state index contributed by atoms with van der Waals surface area (Å²) in [7, 11) is 0. The van der Waals surface area contributed by atoms with Crippen molar-refractivity contribution in [3.63, 3.8) is 0 Å². The Kier molecular flexibility index (Phi) is 7.38. The monoisotopic (exact) mass is 420 g/mol. The lowest BCUT2D eigenvalue weighted by Crippen LogP contribution is -2.59. The minimum Gasteiger partial charge on any atom is -0.507 e. The van der Waals surface area contributed by atoms with Gasteiger partial charge >= 0.3 is 0 Å². The summed E-state index contributed by atoms with van der Waals surface area (Å²) in [6.07, 6.45) is -6.77. The summed E-state index contributed by atoms with van der Waals surface area (Å²) in [5.41, 5.74) is 0.598. The first-order valence-corrected chi connectivity index (χ1v) is 9.40. The van der Waals surface area contributed by atoms with E-state index in [1.54, 1.807) is 30.3 Å². The molecule has 162 valence electrons. The van der Waals surface area contributed by atoms with Crippen LogP contribution in [0.25, 0.3) is 0 Å². The molecule has 1 fully saturated rings. The van der Waals surface area contributed by atoms with E-state index in [1.165, 1.54) is 18.2 Å². The van der Waals surface area contributed by atoms with Gasteiger partial charge in [-0.15, -0.1) is 0 Å². The van der Waals surface area contributed by atoms with Gasteiger partial charge in [0.1, 0.15) is 42.5 Å². The van der Waals surface area contributed by atoms with Gasteiger partial charge in [-0.05, 0) is 12.1 Å². The van der Waals surface area contributed by atoms with E-state index in [-0.39, 0.29) is 30.3 Å². The molecule has 1 unspecified atom stereocenters. The Bertz CT molecular complexity index is 840. The lowest BCUT2D eigenvalue weighted by atomic mass is 9.99. The van der Waals surface area contributed by atoms with E-state index in [0.29, 0.717) is 11.3 Å². The zero-order chi connectivity index (χ0) is 21.7. The Balaban J connectivity index is 1.52. The number of rotatable bonds is 8. The number of aromatic hydroxyl groups is 1. The molecule has 3 rings (SSSR count). The first-order chi connectivity index (χ1) is 14.4. The van der Waals surface area contributed by atoms with E-state index in [1.807, 2.05) is 0 Å². The van der Waals surface area contributed by atoms with Crippen molar-refractivity contribution in [2.75, 3.05) is 19.8 Å². The molecule has 0 saturated carbocycles. The molecule has 9 nitrogen and oxygen atoms in total. The lowest BCUT2D eigenvalue weighted by molar-refractivity contribution is -0.301. The van der Waals surface area contributed by atoms with Gasteiger partial charge in [-0.1, -0.05) is 30.3 Å².